The quantitative estimate of drug-likeness (QED) is 0.453. The molecule has 2 aromatic rings. The van der Waals surface area contributed by atoms with Gasteiger partial charge < -0.3 is 0 Å². The van der Waals surface area contributed by atoms with E-state index in [2.05, 4.69) is 0 Å². The van der Waals surface area contributed by atoms with Crippen LogP contribution in [0.25, 0.3) is 6.08 Å². The van der Waals surface area contributed by atoms with Crippen molar-refractivity contribution in [2.45, 2.75) is 25.2 Å². The lowest BCUT2D eigenvalue weighted by atomic mass is 9.95. The highest BCUT2D eigenvalue weighted by Gasteiger charge is 2.39. The molecule has 0 heterocycles. The smallest absolute Gasteiger partial charge is 0.170 e. The molecular formula is C18H12Cl2F6. The Morgan fingerprint density at radius 3 is 2.15 bits per heavy atom. The van der Waals surface area contributed by atoms with E-state index in [-0.39, 0.29) is 21.2 Å². The molecule has 8 heteroatoms. The number of alkyl halides is 6. The van der Waals surface area contributed by atoms with Crippen LogP contribution in [0.1, 0.15) is 28.2 Å². The molecule has 0 nitrogen and oxygen atoms in total. The van der Waals surface area contributed by atoms with Crippen LogP contribution in [-0.4, -0.2) is 6.18 Å². The maximum atomic E-state index is 13.4. The van der Waals surface area contributed by atoms with Crippen LogP contribution in [0.4, 0.5) is 26.3 Å². The third kappa shape index (κ3) is 4.95. The van der Waals surface area contributed by atoms with Crippen LogP contribution in [0.5, 0.6) is 0 Å². The summed E-state index contributed by atoms with van der Waals surface area (Å²) in [6.45, 7) is 1.52. The van der Waals surface area contributed by atoms with Gasteiger partial charge in [-0.25, -0.2) is 0 Å². The van der Waals surface area contributed by atoms with Gasteiger partial charge in [0.15, 0.2) is 0 Å². The van der Waals surface area contributed by atoms with E-state index in [4.69, 9.17) is 23.2 Å². The summed E-state index contributed by atoms with van der Waals surface area (Å²) in [7, 11) is 0. The highest BCUT2D eigenvalue weighted by atomic mass is 35.5. The van der Waals surface area contributed by atoms with Gasteiger partial charge in [0.25, 0.3) is 0 Å². The number of benzene rings is 2. The molecule has 0 aliphatic carbocycles. The van der Waals surface area contributed by atoms with Gasteiger partial charge in [0.05, 0.1) is 21.5 Å². The molecule has 0 saturated heterocycles. The first-order chi connectivity index (χ1) is 11.9. The zero-order valence-corrected chi connectivity index (χ0v) is 14.7. The number of halogens is 8. The van der Waals surface area contributed by atoms with Crippen molar-refractivity contribution < 1.29 is 26.3 Å². The lowest BCUT2D eigenvalue weighted by Gasteiger charge is -2.19. The fourth-order valence-electron chi connectivity index (χ4n) is 2.37. The van der Waals surface area contributed by atoms with Crippen LogP contribution in [-0.2, 0) is 6.18 Å². The fraction of sp³-hybridized carbons (Fsp3) is 0.222. The summed E-state index contributed by atoms with van der Waals surface area (Å²) in [5.41, 5.74) is -0.706. The highest BCUT2D eigenvalue weighted by Crippen LogP contribution is 2.40. The van der Waals surface area contributed by atoms with Crippen molar-refractivity contribution in [2.24, 2.45) is 0 Å². The third-order valence-electron chi connectivity index (χ3n) is 3.64. The van der Waals surface area contributed by atoms with Crippen LogP contribution in [0.15, 0.2) is 42.5 Å². The fourth-order valence-corrected chi connectivity index (χ4v) is 2.75. The van der Waals surface area contributed by atoms with E-state index in [1.807, 2.05) is 0 Å². The zero-order chi connectivity index (χ0) is 19.7. The molecule has 0 saturated carbocycles. The zero-order valence-electron chi connectivity index (χ0n) is 13.2. The van der Waals surface area contributed by atoms with Gasteiger partial charge in [-0.15, -0.1) is 0 Å². The SMILES string of the molecule is Cc1cc(C(/C=C/c2cccc(C(F)(F)F)c2)C(F)(F)F)cc(Cl)c1Cl. The Balaban J connectivity index is 2.43. The molecule has 26 heavy (non-hydrogen) atoms. The maximum absolute atomic E-state index is 13.4. The molecule has 0 aliphatic heterocycles. The Morgan fingerprint density at radius 1 is 0.962 bits per heavy atom. The van der Waals surface area contributed by atoms with E-state index >= 15 is 0 Å². The highest BCUT2D eigenvalue weighted by molar-refractivity contribution is 6.42. The van der Waals surface area contributed by atoms with E-state index in [1.54, 1.807) is 0 Å². The average molecular weight is 413 g/mol. The molecule has 1 unspecified atom stereocenters. The summed E-state index contributed by atoms with van der Waals surface area (Å²) in [5.74, 6) is -2.04. The van der Waals surface area contributed by atoms with Crippen LogP contribution < -0.4 is 0 Å². The number of rotatable bonds is 3. The maximum Gasteiger partial charge on any atom is 0.416 e. The van der Waals surface area contributed by atoms with Crippen molar-refractivity contribution in [2.75, 3.05) is 0 Å². The number of aryl methyl sites for hydroxylation is 1. The van der Waals surface area contributed by atoms with E-state index in [9.17, 15) is 26.3 Å². The van der Waals surface area contributed by atoms with Gasteiger partial charge in [-0.1, -0.05) is 53.6 Å². The van der Waals surface area contributed by atoms with Crippen LogP contribution in [0.3, 0.4) is 0 Å². The van der Waals surface area contributed by atoms with Gasteiger partial charge >= 0.3 is 12.4 Å². The minimum absolute atomic E-state index is 0.00542. The minimum Gasteiger partial charge on any atom is -0.170 e. The third-order valence-corrected chi connectivity index (χ3v) is 4.54. The molecular weight excluding hydrogens is 401 g/mol. The largest absolute Gasteiger partial charge is 0.416 e. The standard InChI is InChI=1S/C18H12Cl2F6/c1-10-7-12(9-15(19)16(10)20)14(18(24,25)26)6-5-11-3-2-4-13(8-11)17(21,22)23/h2-9,14H,1H3/b6-5+. The molecule has 2 rings (SSSR count). The number of hydrogen-bond acceptors (Lipinski definition) is 0. The second-order valence-corrected chi connectivity index (χ2v) is 6.42. The van der Waals surface area contributed by atoms with Crippen molar-refractivity contribution in [3.05, 3.63) is 74.8 Å². The predicted octanol–water partition coefficient (Wildman–Crippen LogP) is 7.68. The summed E-state index contributed by atoms with van der Waals surface area (Å²) in [4.78, 5) is 0. The lowest BCUT2D eigenvalue weighted by Crippen LogP contribution is -2.19. The van der Waals surface area contributed by atoms with Crippen molar-refractivity contribution in [3.8, 4) is 0 Å². The molecule has 0 aromatic heterocycles. The molecule has 0 fully saturated rings. The van der Waals surface area contributed by atoms with Gasteiger partial charge in [0.1, 0.15) is 0 Å². The van der Waals surface area contributed by atoms with E-state index in [1.165, 1.54) is 19.1 Å². The molecule has 0 N–H and O–H groups in total. The van der Waals surface area contributed by atoms with Gasteiger partial charge in [0.2, 0.25) is 0 Å². The van der Waals surface area contributed by atoms with E-state index in [0.717, 1.165) is 36.4 Å². The molecule has 1 atom stereocenters. The first-order valence-corrected chi connectivity index (χ1v) is 8.03. The Labute approximate surface area is 156 Å². The number of hydrogen-bond donors (Lipinski definition) is 0. The first kappa shape index (κ1) is 20.6. The van der Waals surface area contributed by atoms with Crippen LogP contribution in [0, 0.1) is 6.92 Å². The monoisotopic (exact) mass is 412 g/mol. The molecule has 0 aliphatic rings. The summed E-state index contributed by atoms with van der Waals surface area (Å²) in [6, 6.07) is 6.41. The molecule has 0 bridgehead atoms. The van der Waals surface area contributed by atoms with Crippen LogP contribution in [0.2, 0.25) is 10.0 Å². The van der Waals surface area contributed by atoms with Gasteiger partial charge in [-0.05, 0) is 41.8 Å². The van der Waals surface area contributed by atoms with Gasteiger partial charge in [-0.2, -0.15) is 26.3 Å². The molecule has 0 radical (unpaired) electrons. The van der Waals surface area contributed by atoms with Gasteiger partial charge in [0, 0.05) is 0 Å². The summed E-state index contributed by atoms with van der Waals surface area (Å²) in [5, 5.41) is 0.126. The average Bonchev–Trinajstić information content (AvgIpc) is 2.51. The van der Waals surface area contributed by atoms with E-state index in [0.29, 0.717) is 5.56 Å². The Morgan fingerprint density at radius 2 is 1.62 bits per heavy atom. The second-order valence-electron chi connectivity index (χ2n) is 5.64. The van der Waals surface area contributed by atoms with Crippen molar-refractivity contribution in [3.63, 3.8) is 0 Å². The topological polar surface area (TPSA) is 0 Å². The van der Waals surface area contributed by atoms with Crippen molar-refractivity contribution in [1.29, 1.82) is 0 Å². The molecule has 2 aromatic carbocycles. The minimum atomic E-state index is -4.65. The molecule has 0 amide bonds. The molecule has 140 valence electrons. The van der Waals surface area contributed by atoms with Crippen molar-refractivity contribution in [1.82, 2.24) is 0 Å². The predicted molar refractivity (Wildman–Crippen MR) is 90.5 cm³/mol. The van der Waals surface area contributed by atoms with Gasteiger partial charge in [-0.3, -0.25) is 0 Å². The first-order valence-electron chi connectivity index (χ1n) is 7.27. The summed E-state index contributed by atoms with van der Waals surface area (Å²) < 4.78 is 78.5. The van der Waals surface area contributed by atoms with E-state index < -0.39 is 23.8 Å². The number of allylic oxidation sites excluding steroid dienone is 1. The summed E-state index contributed by atoms with van der Waals surface area (Å²) >= 11 is 11.7. The van der Waals surface area contributed by atoms with Crippen molar-refractivity contribution >= 4 is 29.3 Å². The normalized spacial score (nSPS) is 14.0. The van der Waals surface area contributed by atoms with Crippen LogP contribution >= 0.6 is 23.2 Å². The Kier molecular flexibility index (Phi) is 5.98. The second kappa shape index (κ2) is 7.53. The lowest BCUT2D eigenvalue weighted by molar-refractivity contribution is -0.139. The Hall–Kier alpha value is -1.66. The summed E-state index contributed by atoms with van der Waals surface area (Å²) in [6.07, 6.45) is -7.42. The molecule has 0 spiro atoms. The Bertz CT molecular complexity index is 798.